The van der Waals surface area contributed by atoms with Gasteiger partial charge in [0, 0.05) is 23.6 Å². The third kappa shape index (κ3) is 3.51. The summed E-state index contributed by atoms with van der Waals surface area (Å²) in [7, 11) is 0. The van der Waals surface area contributed by atoms with Gasteiger partial charge >= 0.3 is 0 Å². The first-order chi connectivity index (χ1) is 15.3. The van der Waals surface area contributed by atoms with E-state index in [1.54, 1.807) is 12.1 Å². The number of benzene rings is 2. The molecule has 0 atom stereocenters. The van der Waals surface area contributed by atoms with Crippen LogP contribution in [-0.4, -0.2) is 26.1 Å². The molecule has 1 aliphatic rings. The summed E-state index contributed by atoms with van der Waals surface area (Å²) in [6.45, 7) is 10.2. The number of nitrogens with zero attached hydrogens (tertiary/aromatic N) is 4. The second-order valence-corrected chi connectivity index (χ2v) is 9.37. The van der Waals surface area contributed by atoms with E-state index in [0.717, 1.165) is 52.7 Å². The summed E-state index contributed by atoms with van der Waals surface area (Å²) in [5.74, 6) is 0.948. The van der Waals surface area contributed by atoms with Crippen molar-refractivity contribution in [1.82, 2.24) is 19.6 Å². The van der Waals surface area contributed by atoms with Gasteiger partial charge in [-0.05, 0) is 37.6 Å². The molecule has 5 rings (SSSR count). The average molecular weight is 426 g/mol. The van der Waals surface area contributed by atoms with Gasteiger partial charge in [-0.1, -0.05) is 55.8 Å². The number of hydrogen-bond acceptors (Lipinski definition) is 4. The first kappa shape index (κ1) is 20.2. The van der Waals surface area contributed by atoms with Crippen LogP contribution in [0.1, 0.15) is 25.0 Å². The first-order valence-electron chi connectivity index (χ1n) is 10.9. The Hall–Kier alpha value is -3.67. The molecular weight excluding hydrogens is 398 g/mol. The number of rotatable bonds is 3. The summed E-state index contributed by atoms with van der Waals surface area (Å²) < 4.78 is 3.53. The highest BCUT2D eigenvalue weighted by Crippen LogP contribution is 2.40. The molecule has 4 aromatic rings. The average Bonchev–Trinajstić information content (AvgIpc) is 3.12. The van der Waals surface area contributed by atoms with E-state index in [2.05, 4.69) is 44.3 Å². The van der Waals surface area contributed by atoms with Gasteiger partial charge < -0.3 is 5.32 Å². The maximum Gasteiger partial charge on any atom is 0.271 e. The van der Waals surface area contributed by atoms with Crippen molar-refractivity contribution in [3.63, 3.8) is 0 Å². The molecule has 1 N–H and O–H groups in total. The lowest BCUT2D eigenvalue weighted by molar-refractivity contribution is 0.294. The van der Waals surface area contributed by atoms with Crippen molar-refractivity contribution in [2.45, 2.75) is 34.2 Å². The number of aromatic nitrogens is 4. The van der Waals surface area contributed by atoms with E-state index in [1.807, 2.05) is 41.9 Å². The highest BCUT2D eigenvalue weighted by atomic mass is 16.1. The lowest BCUT2D eigenvalue weighted by Crippen LogP contribution is -2.34. The zero-order chi connectivity index (χ0) is 22.5. The van der Waals surface area contributed by atoms with Crippen molar-refractivity contribution < 1.29 is 0 Å². The van der Waals surface area contributed by atoms with E-state index in [0.29, 0.717) is 0 Å². The molecule has 0 saturated heterocycles. The van der Waals surface area contributed by atoms with Gasteiger partial charge in [0.2, 0.25) is 0 Å². The van der Waals surface area contributed by atoms with E-state index in [-0.39, 0.29) is 11.0 Å². The molecule has 6 heteroatoms. The zero-order valence-corrected chi connectivity index (χ0v) is 18.9. The van der Waals surface area contributed by atoms with Crippen molar-refractivity contribution in [1.29, 1.82) is 0 Å². The summed E-state index contributed by atoms with van der Waals surface area (Å²) in [5.41, 5.74) is 6.44. The Morgan fingerprint density at radius 1 is 0.969 bits per heavy atom. The number of anilines is 1. The van der Waals surface area contributed by atoms with Crippen molar-refractivity contribution in [3.8, 4) is 28.2 Å². The maximum atomic E-state index is 12.7. The smallest absolute Gasteiger partial charge is 0.271 e. The molecule has 32 heavy (non-hydrogen) atoms. The van der Waals surface area contributed by atoms with Crippen LogP contribution >= 0.6 is 0 Å². The van der Waals surface area contributed by atoms with E-state index in [4.69, 9.17) is 10.2 Å². The van der Waals surface area contributed by atoms with Crippen molar-refractivity contribution in [3.05, 3.63) is 82.1 Å². The quantitative estimate of drug-likeness (QED) is 0.511. The summed E-state index contributed by atoms with van der Waals surface area (Å²) in [6, 6.07) is 19.5. The molecule has 3 heterocycles. The lowest BCUT2D eigenvalue weighted by Gasteiger charge is -2.31. The monoisotopic (exact) mass is 425 g/mol. The SMILES string of the molecule is Cc1cccc(-c2nn3c(c2-c2ccc(=O)n(-c4ccccc4C)n2)NCC(C)(C)C3)c1. The Morgan fingerprint density at radius 2 is 1.78 bits per heavy atom. The minimum Gasteiger partial charge on any atom is -0.369 e. The highest BCUT2D eigenvalue weighted by molar-refractivity contribution is 5.87. The molecule has 0 unspecified atom stereocenters. The Bertz CT molecular complexity index is 1380. The normalized spacial score (nSPS) is 14.6. The van der Waals surface area contributed by atoms with Crippen LogP contribution in [0.3, 0.4) is 0 Å². The van der Waals surface area contributed by atoms with Gasteiger partial charge in [0.15, 0.2) is 0 Å². The fourth-order valence-corrected chi connectivity index (χ4v) is 4.30. The number of aryl methyl sites for hydroxylation is 2. The third-order valence-electron chi connectivity index (χ3n) is 5.96. The van der Waals surface area contributed by atoms with Crippen LogP contribution in [0, 0.1) is 19.3 Å². The van der Waals surface area contributed by atoms with E-state index in [9.17, 15) is 4.79 Å². The zero-order valence-electron chi connectivity index (χ0n) is 18.9. The predicted octanol–water partition coefficient (Wildman–Crippen LogP) is 4.83. The Kier molecular flexibility index (Phi) is 4.73. The van der Waals surface area contributed by atoms with Gasteiger partial charge in [0.25, 0.3) is 5.56 Å². The van der Waals surface area contributed by atoms with Crippen molar-refractivity contribution in [2.75, 3.05) is 11.9 Å². The van der Waals surface area contributed by atoms with Crippen LogP contribution in [0.5, 0.6) is 0 Å². The fraction of sp³-hybridized carbons (Fsp3) is 0.269. The van der Waals surface area contributed by atoms with Crippen LogP contribution in [0.2, 0.25) is 0 Å². The van der Waals surface area contributed by atoms with Gasteiger partial charge in [-0.3, -0.25) is 4.79 Å². The lowest BCUT2D eigenvalue weighted by atomic mass is 9.92. The minimum absolute atomic E-state index is 0.0908. The second-order valence-electron chi connectivity index (χ2n) is 9.37. The molecular formula is C26H27N5O. The van der Waals surface area contributed by atoms with Crippen LogP contribution in [0.4, 0.5) is 5.82 Å². The fourth-order valence-electron chi connectivity index (χ4n) is 4.30. The van der Waals surface area contributed by atoms with Gasteiger partial charge in [-0.15, -0.1) is 0 Å². The van der Waals surface area contributed by atoms with Gasteiger partial charge in [-0.25, -0.2) is 4.68 Å². The number of para-hydroxylation sites is 1. The second kappa shape index (κ2) is 7.48. The molecule has 2 aromatic carbocycles. The van der Waals surface area contributed by atoms with E-state index >= 15 is 0 Å². The Balaban J connectivity index is 1.75. The number of nitrogens with one attached hydrogen (secondary N) is 1. The number of fused-ring (bicyclic) bond motifs is 1. The molecule has 0 radical (unpaired) electrons. The van der Waals surface area contributed by atoms with Gasteiger partial charge in [0.05, 0.1) is 23.5 Å². The molecule has 0 aliphatic carbocycles. The molecule has 2 aromatic heterocycles. The van der Waals surface area contributed by atoms with Gasteiger partial charge in [-0.2, -0.15) is 14.9 Å². The van der Waals surface area contributed by atoms with Gasteiger partial charge in [0.1, 0.15) is 11.5 Å². The summed E-state index contributed by atoms with van der Waals surface area (Å²) in [5, 5.41) is 13.4. The Labute approximate surface area is 187 Å². The topological polar surface area (TPSA) is 64.7 Å². The predicted molar refractivity (Wildman–Crippen MR) is 128 cm³/mol. The summed E-state index contributed by atoms with van der Waals surface area (Å²) in [4.78, 5) is 12.7. The number of hydrogen-bond donors (Lipinski definition) is 1. The molecule has 0 fully saturated rings. The molecule has 1 aliphatic heterocycles. The minimum atomic E-state index is -0.157. The summed E-state index contributed by atoms with van der Waals surface area (Å²) in [6.07, 6.45) is 0. The Morgan fingerprint density at radius 3 is 2.56 bits per heavy atom. The van der Waals surface area contributed by atoms with Crippen LogP contribution in [-0.2, 0) is 6.54 Å². The van der Waals surface area contributed by atoms with E-state index in [1.165, 1.54) is 10.2 Å². The first-order valence-corrected chi connectivity index (χ1v) is 10.9. The van der Waals surface area contributed by atoms with Crippen molar-refractivity contribution in [2.24, 2.45) is 5.41 Å². The summed E-state index contributed by atoms with van der Waals surface area (Å²) >= 11 is 0. The standard InChI is InChI=1S/C26H27N5O/c1-17-8-7-10-19(14-17)24-23(25-27-15-26(3,4)16-30(25)29-24)20-12-13-22(32)31(28-20)21-11-6-5-9-18(21)2/h5-14,27H,15-16H2,1-4H3. The molecule has 0 amide bonds. The maximum absolute atomic E-state index is 12.7. The third-order valence-corrected chi connectivity index (χ3v) is 5.96. The molecule has 162 valence electrons. The van der Waals surface area contributed by atoms with E-state index < -0.39 is 0 Å². The largest absolute Gasteiger partial charge is 0.369 e. The highest BCUT2D eigenvalue weighted by Gasteiger charge is 2.31. The molecule has 6 nitrogen and oxygen atoms in total. The van der Waals surface area contributed by atoms with Crippen molar-refractivity contribution >= 4 is 5.82 Å². The molecule has 0 bridgehead atoms. The molecule has 0 saturated carbocycles. The van der Waals surface area contributed by atoms with Crippen LogP contribution < -0.4 is 10.9 Å². The van der Waals surface area contributed by atoms with Crippen LogP contribution in [0.15, 0.2) is 65.5 Å². The van der Waals surface area contributed by atoms with Crippen LogP contribution in [0.25, 0.3) is 28.2 Å². The molecule has 0 spiro atoms.